The van der Waals surface area contributed by atoms with Crippen LogP contribution in [0.15, 0.2) is 61.2 Å². The monoisotopic (exact) mass is 326 g/mol. The molecule has 0 fully saturated rings. The Hall–Kier alpha value is -2.66. The molecule has 0 aliphatic carbocycles. The molecular weight excluding hydrogens is 312 g/mol. The number of benzene rings is 2. The second kappa shape index (κ2) is 7.07. The number of anilines is 1. The number of hydrogen-bond donors (Lipinski definition) is 1. The highest BCUT2D eigenvalue weighted by atomic mass is 35.5. The number of carbonyl (C=O) groups excluding carboxylic acids is 1. The summed E-state index contributed by atoms with van der Waals surface area (Å²) >= 11 is 6.24. The van der Waals surface area contributed by atoms with Crippen LogP contribution in [0.3, 0.4) is 0 Å². The van der Waals surface area contributed by atoms with Gasteiger partial charge in [0.1, 0.15) is 18.3 Å². The fourth-order valence-corrected chi connectivity index (χ4v) is 2.55. The highest BCUT2D eigenvalue weighted by molar-refractivity contribution is 6.33. The third-order valence-electron chi connectivity index (χ3n) is 3.39. The number of aromatic nitrogens is 3. The van der Waals surface area contributed by atoms with Crippen molar-refractivity contribution in [3.05, 3.63) is 71.8 Å². The van der Waals surface area contributed by atoms with Crippen LogP contribution in [0.1, 0.15) is 12.0 Å². The Morgan fingerprint density at radius 3 is 2.70 bits per heavy atom. The van der Waals surface area contributed by atoms with E-state index >= 15 is 0 Å². The van der Waals surface area contributed by atoms with Gasteiger partial charge in [-0.3, -0.25) is 4.79 Å². The molecule has 116 valence electrons. The van der Waals surface area contributed by atoms with Crippen molar-refractivity contribution < 1.29 is 4.79 Å². The lowest BCUT2D eigenvalue weighted by atomic mass is 10.1. The van der Waals surface area contributed by atoms with Gasteiger partial charge in [0, 0.05) is 6.42 Å². The van der Waals surface area contributed by atoms with E-state index in [9.17, 15) is 4.79 Å². The standard InChI is InChI=1S/C17H15ClN4O/c18-14-7-4-8-15(17(14)22-12-19-11-20-22)21-16(23)10-9-13-5-2-1-3-6-13/h1-8,11-12H,9-10H2,(H,21,23). The van der Waals surface area contributed by atoms with Gasteiger partial charge in [-0.15, -0.1) is 0 Å². The maximum atomic E-state index is 12.2. The molecule has 0 atom stereocenters. The van der Waals surface area contributed by atoms with E-state index in [1.807, 2.05) is 30.3 Å². The summed E-state index contributed by atoms with van der Waals surface area (Å²) in [6.07, 6.45) is 4.05. The van der Waals surface area contributed by atoms with E-state index < -0.39 is 0 Å². The predicted octanol–water partition coefficient (Wildman–Crippen LogP) is 3.49. The topological polar surface area (TPSA) is 59.8 Å². The van der Waals surface area contributed by atoms with Gasteiger partial charge in [0.15, 0.2) is 0 Å². The van der Waals surface area contributed by atoms with Gasteiger partial charge in [-0.1, -0.05) is 48.0 Å². The molecule has 3 aromatic rings. The van der Waals surface area contributed by atoms with Crippen molar-refractivity contribution in [3.63, 3.8) is 0 Å². The molecule has 0 aliphatic rings. The summed E-state index contributed by atoms with van der Waals surface area (Å²) in [5.41, 5.74) is 2.35. The van der Waals surface area contributed by atoms with Gasteiger partial charge < -0.3 is 5.32 Å². The van der Waals surface area contributed by atoms with Crippen LogP contribution in [0.25, 0.3) is 5.69 Å². The molecule has 0 unspecified atom stereocenters. The number of aryl methyl sites for hydroxylation is 1. The molecule has 0 bridgehead atoms. The summed E-state index contributed by atoms with van der Waals surface area (Å²) in [7, 11) is 0. The van der Waals surface area contributed by atoms with Crippen LogP contribution in [0, 0.1) is 0 Å². The van der Waals surface area contributed by atoms with Gasteiger partial charge in [0.25, 0.3) is 0 Å². The minimum absolute atomic E-state index is 0.0718. The molecule has 0 spiro atoms. The van der Waals surface area contributed by atoms with Gasteiger partial charge in [-0.05, 0) is 24.1 Å². The molecule has 0 saturated carbocycles. The van der Waals surface area contributed by atoms with Gasteiger partial charge in [0.2, 0.25) is 5.91 Å². The quantitative estimate of drug-likeness (QED) is 0.780. The molecule has 2 aromatic carbocycles. The highest BCUT2D eigenvalue weighted by Gasteiger charge is 2.12. The predicted molar refractivity (Wildman–Crippen MR) is 89.8 cm³/mol. The first kappa shape index (κ1) is 15.2. The molecule has 5 nitrogen and oxygen atoms in total. The largest absolute Gasteiger partial charge is 0.324 e. The van der Waals surface area contributed by atoms with E-state index in [0.717, 1.165) is 5.56 Å². The first-order chi connectivity index (χ1) is 11.2. The lowest BCUT2D eigenvalue weighted by Gasteiger charge is -2.12. The first-order valence-corrected chi connectivity index (χ1v) is 7.59. The average Bonchev–Trinajstić information content (AvgIpc) is 3.08. The van der Waals surface area contributed by atoms with E-state index in [1.54, 1.807) is 24.5 Å². The molecule has 23 heavy (non-hydrogen) atoms. The molecule has 1 N–H and O–H groups in total. The number of halogens is 1. The molecule has 1 heterocycles. The first-order valence-electron chi connectivity index (χ1n) is 7.21. The fourth-order valence-electron chi connectivity index (χ4n) is 2.29. The Labute approximate surface area is 138 Å². The highest BCUT2D eigenvalue weighted by Crippen LogP contribution is 2.27. The van der Waals surface area contributed by atoms with Crippen LogP contribution < -0.4 is 5.32 Å². The zero-order valence-electron chi connectivity index (χ0n) is 12.3. The number of nitrogens with zero attached hydrogens (tertiary/aromatic N) is 3. The Balaban J connectivity index is 1.73. The van der Waals surface area contributed by atoms with Crippen molar-refractivity contribution in [2.75, 3.05) is 5.32 Å². The van der Waals surface area contributed by atoms with E-state index in [4.69, 9.17) is 11.6 Å². The van der Waals surface area contributed by atoms with E-state index in [0.29, 0.717) is 29.2 Å². The van der Waals surface area contributed by atoms with Crippen molar-refractivity contribution in [1.29, 1.82) is 0 Å². The fraction of sp³-hybridized carbons (Fsp3) is 0.118. The summed E-state index contributed by atoms with van der Waals surface area (Å²) in [6, 6.07) is 15.2. The van der Waals surface area contributed by atoms with Crippen LogP contribution in [0.4, 0.5) is 5.69 Å². The molecule has 6 heteroatoms. The zero-order chi connectivity index (χ0) is 16.1. The van der Waals surface area contributed by atoms with Crippen molar-refractivity contribution in [2.45, 2.75) is 12.8 Å². The molecule has 1 aromatic heterocycles. The Bertz CT molecular complexity index is 788. The molecule has 3 rings (SSSR count). The van der Waals surface area contributed by atoms with Gasteiger partial charge in [-0.25, -0.2) is 9.67 Å². The number of rotatable bonds is 5. The summed E-state index contributed by atoms with van der Waals surface area (Å²) in [6.45, 7) is 0. The van der Waals surface area contributed by atoms with Gasteiger partial charge >= 0.3 is 0 Å². The Morgan fingerprint density at radius 1 is 1.13 bits per heavy atom. The number of hydrogen-bond acceptors (Lipinski definition) is 3. The van der Waals surface area contributed by atoms with Crippen molar-refractivity contribution in [3.8, 4) is 5.69 Å². The summed E-state index contributed by atoms with van der Waals surface area (Å²) in [5.74, 6) is -0.0718. The molecule has 1 amide bonds. The number of amides is 1. The van der Waals surface area contributed by atoms with Crippen LogP contribution >= 0.6 is 11.6 Å². The smallest absolute Gasteiger partial charge is 0.224 e. The minimum Gasteiger partial charge on any atom is -0.324 e. The van der Waals surface area contributed by atoms with Crippen molar-refractivity contribution >= 4 is 23.2 Å². The second-order valence-corrected chi connectivity index (χ2v) is 5.42. The number of para-hydroxylation sites is 1. The van der Waals surface area contributed by atoms with Crippen molar-refractivity contribution in [1.82, 2.24) is 14.8 Å². The van der Waals surface area contributed by atoms with Crippen LogP contribution in [0.2, 0.25) is 5.02 Å². The lowest BCUT2D eigenvalue weighted by molar-refractivity contribution is -0.116. The van der Waals surface area contributed by atoms with Crippen LogP contribution in [-0.4, -0.2) is 20.7 Å². The summed E-state index contributed by atoms with van der Waals surface area (Å²) < 4.78 is 1.54. The molecule has 0 aliphatic heterocycles. The maximum Gasteiger partial charge on any atom is 0.224 e. The molecule has 0 radical (unpaired) electrons. The second-order valence-electron chi connectivity index (χ2n) is 5.01. The maximum absolute atomic E-state index is 12.2. The van der Waals surface area contributed by atoms with E-state index in [-0.39, 0.29) is 5.91 Å². The molecule has 0 saturated heterocycles. The summed E-state index contributed by atoms with van der Waals surface area (Å²) in [4.78, 5) is 16.1. The van der Waals surface area contributed by atoms with Gasteiger partial charge in [0.05, 0.1) is 10.7 Å². The third-order valence-corrected chi connectivity index (χ3v) is 3.70. The van der Waals surface area contributed by atoms with E-state index in [2.05, 4.69) is 15.4 Å². The average molecular weight is 327 g/mol. The SMILES string of the molecule is O=C(CCc1ccccc1)Nc1cccc(Cl)c1-n1cncn1. The lowest BCUT2D eigenvalue weighted by Crippen LogP contribution is -2.14. The Morgan fingerprint density at radius 2 is 1.96 bits per heavy atom. The van der Waals surface area contributed by atoms with Gasteiger partial charge in [-0.2, -0.15) is 5.10 Å². The van der Waals surface area contributed by atoms with Crippen LogP contribution in [-0.2, 0) is 11.2 Å². The minimum atomic E-state index is -0.0718. The summed E-state index contributed by atoms with van der Waals surface area (Å²) in [5, 5.41) is 7.47. The van der Waals surface area contributed by atoms with Crippen LogP contribution in [0.5, 0.6) is 0 Å². The Kier molecular flexibility index (Phi) is 4.68. The normalized spacial score (nSPS) is 10.5. The molecular formula is C17H15ClN4O. The van der Waals surface area contributed by atoms with E-state index in [1.165, 1.54) is 11.0 Å². The number of carbonyl (C=O) groups is 1. The third kappa shape index (κ3) is 3.76. The zero-order valence-corrected chi connectivity index (χ0v) is 13.1. The number of nitrogens with one attached hydrogen (secondary N) is 1. The van der Waals surface area contributed by atoms with Crippen molar-refractivity contribution in [2.24, 2.45) is 0 Å².